The summed E-state index contributed by atoms with van der Waals surface area (Å²) in [6.07, 6.45) is 6.02. The van der Waals surface area contributed by atoms with Gasteiger partial charge in [-0.1, -0.05) is 18.2 Å². The zero-order chi connectivity index (χ0) is 19.5. The Morgan fingerprint density at radius 2 is 2.04 bits per heavy atom. The molecule has 1 aromatic carbocycles. The molecule has 4 aromatic rings. The number of nitrogens with one attached hydrogen (secondary N) is 2. The predicted molar refractivity (Wildman–Crippen MR) is 111 cm³/mol. The summed E-state index contributed by atoms with van der Waals surface area (Å²) in [5, 5.41) is 11.9. The van der Waals surface area contributed by atoms with Crippen LogP contribution in [0.4, 0.5) is 0 Å². The van der Waals surface area contributed by atoms with Crippen LogP contribution >= 0.6 is 11.8 Å². The molecule has 0 radical (unpaired) electrons. The van der Waals surface area contributed by atoms with Crippen molar-refractivity contribution in [3.8, 4) is 0 Å². The van der Waals surface area contributed by atoms with Crippen LogP contribution in [0.5, 0.6) is 0 Å². The van der Waals surface area contributed by atoms with Gasteiger partial charge in [0.15, 0.2) is 11.5 Å². The quantitative estimate of drug-likeness (QED) is 0.526. The Kier molecular flexibility index (Phi) is 5.12. The predicted octanol–water partition coefficient (Wildman–Crippen LogP) is 2.80. The Morgan fingerprint density at radius 3 is 2.89 bits per heavy atom. The second-order valence-corrected chi connectivity index (χ2v) is 7.36. The maximum Gasteiger partial charge on any atom is 0.257 e. The van der Waals surface area contributed by atoms with E-state index in [1.165, 1.54) is 6.20 Å². The van der Waals surface area contributed by atoms with Gasteiger partial charge >= 0.3 is 0 Å². The minimum atomic E-state index is -0.425. The van der Waals surface area contributed by atoms with Crippen molar-refractivity contribution in [3.05, 3.63) is 76.5 Å². The maximum absolute atomic E-state index is 12.9. The number of fused-ring (bicyclic) bond motifs is 2. The van der Waals surface area contributed by atoms with Crippen molar-refractivity contribution in [2.75, 3.05) is 12.0 Å². The molecule has 3 heterocycles. The van der Waals surface area contributed by atoms with Gasteiger partial charge in [-0.05, 0) is 42.7 Å². The van der Waals surface area contributed by atoms with Crippen molar-refractivity contribution in [2.45, 2.75) is 12.5 Å². The molecule has 0 saturated heterocycles. The largest absolute Gasteiger partial charge is 0.360 e. The van der Waals surface area contributed by atoms with E-state index in [9.17, 15) is 9.59 Å². The number of nitrogens with zero attached hydrogens (tertiary/aromatic N) is 3. The molecule has 0 spiro atoms. The Labute approximate surface area is 165 Å². The van der Waals surface area contributed by atoms with Crippen LogP contribution in [0.3, 0.4) is 0 Å². The van der Waals surface area contributed by atoms with Crippen molar-refractivity contribution in [3.63, 3.8) is 0 Å². The van der Waals surface area contributed by atoms with E-state index in [0.717, 1.165) is 5.75 Å². The van der Waals surface area contributed by atoms with Crippen LogP contribution in [0.2, 0.25) is 0 Å². The highest BCUT2D eigenvalue weighted by Crippen LogP contribution is 2.19. The Hall–Kier alpha value is -3.13. The lowest BCUT2D eigenvalue weighted by Gasteiger charge is -2.17. The average Bonchev–Trinajstić information content (AvgIpc) is 3.15. The van der Waals surface area contributed by atoms with Gasteiger partial charge in [-0.25, -0.2) is 0 Å². The molecule has 1 atom stereocenters. The van der Waals surface area contributed by atoms with Crippen LogP contribution in [-0.4, -0.2) is 37.5 Å². The molecule has 3 aromatic heterocycles. The fraction of sp³-hybridized carbons (Fsp3) is 0.200. The summed E-state index contributed by atoms with van der Waals surface area (Å²) in [5.41, 5.74) is 1.21. The van der Waals surface area contributed by atoms with Crippen LogP contribution in [0.25, 0.3) is 16.6 Å². The molecule has 4 rings (SSSR count). The molecular weight excluding hydrogens is 374 g/mol. The monoisotopic (exact) mass is 393 g/mol. The number of thioether (sulfide) groups is 1. The molecule has 0 aliphatic carbocycles. The number of hydrogen-bond donors (Lipinski definition) is 2. The van der Waals surface area contributed by atoms with Gasteiger partial charge in [-0.2, -0.15) is 11.8 Å². The van der Waals surface area contributed by atoms with Crippen molar-refractivity contribution in [1.29, 1.82) is 0 Å². The Bertz CT molecular complexity index is 1200. The number of para-hydroxylation sites is 1. The summed E-state index contributed by atoms with van der Waals surface area (Å²) in [5.74, 6) is 1.06. The van der Waals surface area contributed by atoms with E-state index < -0.39 is 5.91 Å². The van der Waals surface area contributed by atoms with Crippen LogP contribution in [0, 0.1) is 0 Å². The maximum atomic E-state index is 12.9. The van der Waals surface area contributed by atoms with Crippen LogP contribution in [0.15, 0.2) is 59.7 Å². The number of aromatic nitrogens is 4. The number of carbonyl (C=O) groups excluding carboxylic acids is 1. The Balaban J connectivity index is 1.68. The standard InChI is InChI=1S/C20H19N5O2S/c1-28-11-9-16(19-24-23-17-8-4-5-10-25(17)19)22-20(27)14-12-21-15-7-3-2-6-13(15)18(14)26/h2-8,10,12,16H,9,11H2,1H3,(H,21,26)(H,22,27)/t16-/m0/s1. The van der Waals surface area contributed by atoms with Gasteiger partial charge in [-0.15, -0.1) is 10.2 Å². The fourth-order valence-electron chi connectivity index (χ4n) is 3.17. The molecule has 142 valence electrons. The second-order valence-electron chi connectivity index (χ2n) is 6.37. The normalized spacial score (nSPS) is 12.3. The molecule has 7 nitrogen and oxygen atoms in total. The highest BCUT2D eigenvalue weighted by Gasteiger charge is 2.22. The van der Waals surface area contributed by atoms with Crippen molar-refractivity contribution in [1.82, 2.24) is 24.9 Å². The van der Waals surface area contributed by atoms with E-state index in [-0.39, 0.29) is 17.0 Å². The van der Waals surface area contributed by atoms with Crippen molar-refractivity contribution >= 4 is 34.2 Å². The number of carbonyl (C=O) groups is 1. The zero-order valence-corrected chi connectivity index (χ0v) is 16.1. The minimum Gasteiger partial charge on any atom is -0.360 e. The Morgan fingerprint density at radius 1 is 1.21 bits per heavy atom. The van der Waals surface area contributed by atoms with E-state index in [1.54, 1.807) is 23.9 Å². The molecule has 28 heavy (non-hydrogen) atoms. The van der Waals surface area contributed by atoms with Gasteiger partial charge in [0.2, 0.25) is 5.43 Å². The first kappa shape index (κ1) is 18.2. The second kappa shape index (κ2) is 7.85. The first-order valence-electron chi connectivity index (χ1n) is 8.89. The smallest absolute Gasteiger partial charge is 0.257 e. The molecule has 1 amide bonds. The van der Waals surface area contributed by atoms with E-state index in [2.05, 4.69) is 20.5 Å². The number of amides is 1. The summed E-state index contributed by atoms with van der Waals surface area (Å²) in [6.45, 7) is 0. The molecule has 2 N–H and O–H groups in total. The molecule has 0 bridgehead atoms. The van der Waals surface area contributed by atoms with Gasteiger partial charge in [0.25, 0.3) is 5.91 Å². The third-order valence-electron chi connectivity index (χ3n) is 4.60. The van der Waals surface area contributed by atoms with Crippen LogP contribution < -0.4 is 10.7 Å². The van der Waals surface area contributed by atoms with Gasteiger partial charge in [0.05, 0.1) is 6.04 Å². The summed E-state index contributed by atoms with van der Waals surface area (Å²) in [7, 11) is 0. The number of aromatic amines is 1. The molecule has 0 aliphatic heterocycles. The summed E-state index contributed by atoms with van der Waals surface area (Å²) in [4.78, 5) is 28.7. The van der Waals surface area contributed by atoms with Gasteiger partial charge < -0.3 is 10.3 Å². The number of pyridine rings is 2. The third-order valence-corrected chi connectivity index (χ3v) is 5.24. The molecule has 0 aliphatic rings. The molecule has 0 saturated carbocycles. The lowest BCUT2D eigenvalue weighted by Crippen LogP contribution is -2.33. The highest BCUT2D eigenvalue weighted by atomic mass is 32.2. The van der Waals surface area contributed by atoms with Gasteiger partial charge in [0, 0.05) is 23.3 Å². The molecular formula is C20H19N5O2S. The van der Waals surface area contributed by atoms with Crippen molar-refractivity contribution < 1.29 is 4.79 Å². The van der Waals surface area contributed by atoms with E-state index in [0.29, 0.717) is 28.8 Å². The van der Waals surface area contributed by atoms with Crippen LogP contribution in [0.1, 0.15) is 28.6 Å². The first-order chi connectivity index (χ1) is 13.7. The minimum absolute atomic E-state index is 0.0849. The lowest BCUT2D eigenvalue weighted by molar-refractivity contribution is 0.0932. The van der Waals surface area contributed by atoms with Gasteiger partial charge in [0.1, 0.15) is 5.56 Å². The molecule has 0 fully saturated rings. The van der Waals surface area contributed by atoms with Gasteiger partial charge in [-0.3, -0.25) is 14.0 Å². The zero-order valence-electron chi connectivity index (χ0n) is 15.3. The average molecular weight is 393 g/mol. The summed E-state index contributed by atoms with van der Waals surface area (Å²) < 4.78 is 1.86. The topological polar surface area (TPSA) is 92.1 Å². The van der Waals surface area contributed by atoms with Crippen molar-refractivity contribution in [2.24, 2.45) is 0 Å². The molecule has 8 heteroatoms. The third kappa shape index (κ3) is 3.38. The number of hydrogen-bond acceptors (Lipinski definition) is 5. The SMILES string of the molecule is CSCC[C@H](NC(=O)c1c[nH]c2ccccc2c1=O)c1nnc2ccccn12. The number of benzene rings is 1. The number of H-pyrrole nitrogens is 1. The molecule has 0 unspecified atom stereocenters. The first-order valence-corrected chi connectivity index (χ1v) is 10.3. The lowest BCUT2D eigenvalue weighted by atomic mass is 10.1. The fourth-order valence-corrected chi connectivity index (χ4v) is 3.64. The van der Waals surface area contributed by atoms with E-state index in [1.807, 2.05) is 47.2 Å². The summed E-state index contributed by atoms with van der Waals surface area (Å²) in [6, 6.07) is 12.4. The van der Waals surface area contributed by atoms with Crippen LogP contribution in [-0.2, 0) is 0 Å². The highest BCUT2D eigenvalue weighted by molar-refractivity contribution is 7.98. The van der Waals surface area contributed by atoms with E-state index in [4.69, 9.17) is 0 Å². The van der Waals surface area contributed by atoms with E-state index >= 15 is 0 Å². The summed E-state index contributed by atoms with van der Waals surface area (Å²) >= 11 is 1.68. The number of rotatable bonds is 6.